The fourth-order valence-corrected chi connectivity index (χ4v) is 13.8. The van der Waals surface area contributed by atoms with Crippen LogP contribution >= 0.6 is 0 Å². The van der Waals surface area contributed by atoms with Crippen LogP contribution in [0.1, 0.15) is 156 Å². The molecule has 12 aromatic rings. The van der Waals surface area contributed by atoms with Crippen molar-refractivity contribution >= 4 is 87.0 Å². The molecule has 0 N–H and O–H groups in total. The molecule has 0 amide bonds. The second-order valence-electron chi connectivity index (χ2n) is 27.7. The minimum absolute atomic E-state index is 0. The van der Waals surface area contributed by atoms with E-state index in [-0.39, 0.29) is 52.6 Å². The van der Waals surface area contributed by atoms with E-state index in [1.165, 1.54) is 78.5 Å². The molecule has 1 radical (unpaired) electrons. The number of aromatic nitrogens is 2. The number of hydrogen-bond acceptors (Lipinski definition) is 4. The van der Waals surface area contributed by atoms with Gasteiger partial charge in [0.15, 0.2) is 0 Å². The van der Waals surface area contributed by atoms with Gasteiger partial charge in [0, 0.05) is 65.2 Å². The summed E-state index contributed by atoms with van der Waals surface area (Å²) in [5.41, 5.74) is 16.8. The van der Waals surface area contributed by atoms with Crippen LogP contribution < -0.4 is 0 Å². The summed E-state index contributed by atoms with van der Waals surface area (Å²) in [5, 5.41) is 14.2. The van der Waals surface area contributed by atoms with Crippen molar-refractivity contribution in [2.45, 2.75) is 155 Å². The van der Waals surface area contributed by atoms with E-state index in [0.29, 0.717) is 0 Å². The molecule has 4 heterocycles. The zero-order chi connectivity index (χ0) is 54.6. The molecular formula is C74H72IrN2O2-2. The number of furan rings is 2. The van der Waals surface area contributed by atoms with E-state index in [9.17, 15) is 0 Å². The summed E-state index contributed by atoms with van der Waals surface area (Å²) >= 11 is 0. The molecule has 401 valence electrons. The normalized spacial score (nSPS) is 16.6. The van der Waals surface area contributed by atoms with Crippen LogP contribution in [0.5, 0.6) is 0 Å². The van der Waals surface area contributed by atoms with Gasteiger partial charge in [0.2, 0.25) is 0 Å². The molecule has 4 nitrogen and oxygen atoms in total. The zero-order valence-electron chi connectivity index (χ0n) is 48.6. The molecule has 5 heteroatoms. The van der Waals surface area contributed by atoms with Crippen LogP contribution in [-0.4, -0.2) is 9.97 Å². The van der Waals surface area contributed by atoms with Crippen LogP contribution in [-0.2, 0) is 52.6 Å². The van der Waals surface area contributed by atoms with Crippen LogP contribution in [0.3, 0.4) is 0 Å². The van der Waals surface area contributed by atoms with Gasteiger partial charge in [0.1, 0.15) is 22.3 Å². The summed E-state index contributed by atoms with van der Waals surface area (Å²) in [6.07, 6.45) is 8.53. The van der Waals surface area contributed by atoms with Gasteiger partial charge < -0.3 is 18.8 Å². The second kappa shape index (κ2) is 18.2. The van der Waals surface area contributed by atoms with Gasteiger partial charge in [0.05, 0.1) is 0 Å². The number of fused-ring (bicyclic) bond motifs is 14. The van der Waals surface area contributed by atoms with Gasteiger partial charge in [-0.05, 0) is 139 Å². The molecule has 0 fully saturated rings. The summed E-state index contributed by atoms with van der Waals surface area (Å²) in [5.74, 6) is 0. The largest absolute Gasteiger partial charge is 0.456 e. The maximum atomic E-state index is 6.73. The Kier molecular flexibility index (Phi) is 12.2. The monoisotopic (exact) mass is 1210 g/mol. The Morgan fingerprint density at radius 3 is 1.15 bits per heavy atom. The van der Waals surface area contributed by atoms with E-state index in [2.05, 4.69) is 230 Å². The predicted octanol–water partition coefficient (Wildman–Crippen LogP) is 20.8. The third kappa shape index (κ3) is 8.46. The summed E-state index contributed by atoms with van der Waals surface area (Å²) < 4.78 is 13.5. The summed E-state index contributed by atoms with van der Waals surface area (Å²) in [4.78, 5) is 9.88. The average Bonchev–Trinajstić information content (AvgIpc) is 4.20. The number of rotatable bonds is 2. The number of nitrogens with zero attached hydrogens (tertiary/aromatic N) is 2. The molecule has 0 spiro atoms. The maximum absolute atomic E-state index is 6.73. The summed E-state index contributed by atoms with van der Waals surface area (Å²) in [7, 11) is 0. The zero-order valence-corrected chi connectivity index (χ0v) is 51.0. The van der Waals surface area contributed by atoms with Gasteiger partial charge in [-0.1, -0.05) is 191 Å². The Morgan fingerprint density at radius 1 is 0.405 bits per heavy atom. The third-order valence-corrected chi connectivity index (χ3v) is 18.4. The molecule has 0 unspecified atom stereocenters. The van der Waals surface area contributed by atoms with E-state index in [1.807, 2.05) is 12.4 Å². The molecule has 8 aromatic carbocycles. The first kappa shape index (κ1) is 53.0. The molecule has 0 bridgehead atoms. The smallest absolute Gasteiger partial charge is 0.139 e. The standard InChI is InChI=1S/2C37H36NO.Ir/c2*1-35(2,3)29-14-12-25(23-10-8-9-11-24(23)29)33-27-21-28-26-13-15-30-32(37(6,7)18-17-36(30,4)5)34(26)39-31(28)20-22(27)16-19-38-33;/h2*8-11,13-16,19-21H,17-18H2,1-7H3;/q2*-1;. The quantitative estimate of drug-likeness (QED) is 0.162. The van der Waals surface area contributed by atoms with E-state index in [0.717, 1.165) is 90.0 Å². The van der Waals surface area contributed by atoms with Gasteiger partial charge in [-0.25, -0.2) is 0 Å². The predicted molar refractivity (Wildman–Crippen MR) is 330 cm³/mol. The Labute approximate surface area is 479 Å². The van der Waals surface area contributed by atoms with Gasteiger partial charge in [-0.2, -0.15) is 0 Å². The van der Waals surface area contributed by atoms with E-state index < -0.39 is 0 Å². The van der Waals surface area contributed by atoms with Gasteiger partial charge in [0.25, 0.3) is 0 Å². The summed E-state index contributed by atoms with van der Waals surface area (Å²) in [6, 6.07) is 51.5. The Bertz CT molecular complexity index is 4180. The molecule has 0 aliphatic heterocycles. The molecule has 4 aromatic heterocycles. The second-order valence-corrected chi connectivity index (χ2v) is 27.7. The molecule has 14 rings (SSSR count). The van der Waals surface area contributed by atoms with Gasteiger partial charge >= 0.3 is 0 Å². The van der Waals surface area contributed by atoms with Crippen molar-refractivity contribution in [3.8, 4) is 22.5 Å². The minimum atomic E-state index is 0. The summed E-state index contributed by atoms with van der Waals surface area (Å²) in [6.45, 7) is 32.5. The number of pyridine rings is 2. The van der Waals surface area contributed by atoms with Crippen molar-refractivity contribution in [1.29, 1.82) is 0 Å². The Hall–Kier alpha value is -6.65. The Balaban J connectivity index is 0.000000156. The topological polar surface area (TPSA) is 52.1 Å². The number of benzene rings is 8. The first-order chi connectivity index (χ1) is 36.9. The number of hydrogen-bond donors (Lipinski definition) is 0. The van der Waals surface area contributed by atoms with E-state index in [1.54, 1.807) is 0 Å². The van der Waals surface area contributed by atoms with E-state index in [4.69, 9.17) is 18.8 Å². The van der Waals surface area contributed by atoms with Crippen molar-refractivity contribution in [2.24, 2.45) is 0 Å². The first-order valence-corrected chi connectivity index (χ1v) is 28.4. The van der Waals surface area contributed by atoms with Crippen LogP contribution in [0.25, 0.3) is 109 Å². The molecule has 2 aliphatic carbocycles. The van der Waals surface area contributed by atoms with E-state index >= 15 is 0 Å². The van der Waals surface area contributed by atoms with Crippen LogP contribution in [0.4, 0.5) is 0 Å². The maximum Gasteiger partial charge on any atom is 0.139 e. The van der Waals surface area contributed by atoms with Crippen molar-refractivity contribution in [2.75, 3.05) is 0 Å². The van der Waals surface area contributed by atoms with Crippen LogP contribution in [0.15, 0.2) is 143 Å². The molecule has 0 saturated heterocycles. The first-order valence-electron chi connectivity index (χ1n) is 28.4. The van der Waals surface area contributed by atoms with Crippen LogP contribution in [0, 0.1) is 12.1 Å². The average molecular weight is 1210 g/mol. The van der Waals surface area contributed by atoms with Crippen LogP contribution in [0.2, 0.25) is 0 Å². The van der Waals surface area contributed by atoms with Crippen molar-refractivity contribution in [1.82, 2.24) is 9.97 Å². The molecule has 79 heavy (non-hydrogen) atoms. The molecule has 2 aliphatic rings. The van der Waals surface area contributed by atoms with Crippen molar-refractivity contribution < 1.29 is 28.9 Å². The van der Waals surface area contributed by atoms with Gasteiger partial charge in [-0.3, -0.25) is 0 Å². The molecule has 0 saturated carbocycles. The fourth-order valence-electron chi connectivity index (χ4n) is 13.8. The van der Waals surface area contributed by atoms with Gasteiger partial charge in [-0.15, -0.1) is 46.5 Å². The molecular weight excluding hydrogens is 1140 g/mol. The minimum Gasteiger partial charge on any atom is -0.456 e. The SMILES string of the molecule is CC(C)(C)c1c[c-]c(-c2nccc3cc4oc5c6c(ccc5c4cc23)C(C)(C)CCC6(C)C)c2ccccc12.CC(C)(C)c1c[c-]c(-c2nccc3cc4oc5c6c(ccc5c4cc23)C(C)(C)CCC6(C)C)c2ccccc12.[Ir]. The van der Waals surface area contributed by atoms with Crippen molar-refractivity contribution in [3.63, 3.8) is 0 Å². The van der Waals surface area contributed by atoms with Crippen molar-refractivity contribution in [3.05, 3.63) is 179 Å². The fraction of sp³-hybridized carbons (Fsp3) is 0.324. The third-order valence-electron chi connectivity index (χ3n) is 18.4. The molecule has 0 atom stereocenters. The Morgan fingerprint density at radius 2 is 0.772 bits per heavy atom.